The van der Waals surface area contributed by atoms with E-state index in [1.165, 1.54) is 27.9 Å². The Hall–Kier alpha value is -2.74. The monoisotopic (exact) mass is 316 g/mol. The van der Waals surface area contributed by atoms with Crippen LogP contribution in [0, 0.1) is 0 Å². The van der Waals surface area contributed by atoms with E-state index < -0.39 is 0 Å². The third-order valence-corrected chi connectivity index (χ3v) is 4.07. The summed E-state index contributed by atoms with van der Waals surface area (Å²) in [5, 5.41) is 7.06. The van der Waals surface area contributed by atoms with Gasteiger partial charge in [-0.3, -0.25) is 0 Å². The number of nitrogens with one attached hydrogen (secondary N) is 2. The smallest absolute Gasteiger partial charge is 0.0661 e. The molecule has 0 atom stereocenters. The highest BCUT2D eigenvalue weighted by atomic mass is 14.9. The van der Waals surface area contributed by atoms with Crippen molar-refractivity contribution in [3.05, 3.63) is 72.8 Å². The fourth-order valence-electron chi connectivity index (χ4n) is 3.06. The molecule has 0 aromatic heterocycles. The fraction of sp³-hybridized carbons (Fsp3) is 0.182. The van der Waals surface area contributed by atoms with Gasteiger partial charge in [-0.1, -0.05) is 66.7 Å². The van der Waals surface area contributed by atoms with E-state index in [0.717, 1.165) is 18.8 Å². The lowest BCUT2D eigenvalue weighted by molar-refractivity contribution is 1.18. The molecule has 122 valence electrons. The minimum Gasteiger partial charge on any atom is -0.384 e. The van der Waals surface area contributed by atoms with Crippen LogP contribution < -0.4 is 10.6 Å². The minimum absolute atomic E-state index is 0.885. The molecule has 0 saturated heterocycles. The topological polar surface area (TPSA) is 24.1 Å². The van der Waals surface area contributed by atoms with Crippen LogP contribution in [0.25, 0.3) is 22.3 Å². The molecule has 2 heteroatoms. The van der Waals surface area contributed by atoms with E-state index in [2.05, 4.69) is 97.3 Å². The van der Waals surface area contributed by atoms with E-state index in [1.807, 2.05) is 0 Å². The molecule has 0 unspecified atom stereocenters. The second-order valence-electron chi connectivity index (χ2n) is 5.70. The van der Waals surface area contributed by atoms with Gasteiger partial charge < -0.3 is 10.6 Å². The molecule has 0 bridgehead atoms. The third-order valence-electron chi connectivity index (χ3n) is 4.07. The average Bonchev–Trinajstić information content (AvgIpc) is 2.64. The fourth-order valence-corrected chi connectivity index (χ4v) is 3.06. The zero-order chi connectivity index (χ0) is 16.8. The zero-order valence-electron chi connectivity index (χ0n) is 14.3. The summed E-state index contributed by atoms with van der Waals surface area (Å²) in [7, 11) is 0. The summed E-state index contributed by atoms with van der Waals surface area (Å²) in [6.07, 6.45) is 0. The van der Waals surface area contributed by atoms with Gasteiger partial charge >= 0.3 is 0 Å². The van der Waals surface area contributed by atoms with Gasteiger partial charge in [0.2, 0.25) is 0 Å². The van der Waals surface area contributed by atoms with E-state index in [1.54, 1.807) is 0 Å². The lowest BCUT2D eigenvalue weighted by Crippen LogP contribution is -2.06. The van der Waals surface area contributed by atoms with E-state index >= 15 is 0 Å². The number of rotatable bonds is 6. The Kier molecular flexibility index (Phi) is 5.17. The van der Waals surface area contributed by atoms with Crippen LogP contribution in [0.3, 0.4) is 0 Å². The summed E-state index contributed by atoms with van der Waals surface area (Å²) in [6, 6.07) is 25.6. The van der Waals surface area contributed by atoms with Crippen molar-refractivity contribution in [3.8, 4) is 22.3 Å². The Bertz CT molecular complexity index is 780. The number of benzene rings is 3. The minimum atomic E-state index is 0.885. The molecule has 3 aromatic rings. The van der Waals surface area contributed by atoms with Crippen molar-refractivity contribution in [1.29, 1.82) is 0 Å². The summed E-state index contributed by atoms with van der Waals surface area (Å²) < 4.78 is 0. The molecule has 3 aromatic carbocycles. The van der Waals surface area contributed by atoms with Gasteiger partial charge in [0.15, 0.2) is 0 Å². The molecule has 0 fully saturated rings. The van der Waals surface area contributed by atoms with Crippen molar-refractivity contribution in [2.24, 2.45) is 0 Å². The molecule has 0 amide bonds. The molecule has 2 N–H and O–H groups in total. The van der Waals surface area contributed by atoms with Crippen molar-refractivity contribution in [2.45, 2.75) is 13.8 Å². The van der Waals surface area contributed by atoms with Crippen LogP contribution in [0.5, 0.6) is 0 Å². The Morgan fingerprint density at radius 3 is 1.79 bits per heavy atom. The Labute approximate surface area is 144 Å². The summed E-state index contributed by atoms with van der Waals surface area (Å²) in [6.45, 7) is 6.05. The van der Waals surface area contributed by atoms with Gasteiger partial charge in [0.05, 0.1) is 11.4 Å². The maximum Gasteiger partial charge on any atom is 0.0661 e. The van der Waals surface area contributed by atoms with Crippen molar-refractivity contribution in [1.82, 2.24) is 0 Å². The van der Waals surface area contributed by atoms with Crippen LogP contribution in [0.15, 0.2) is 72.8 Å². The average molecular weight is 316 g/mol. The second-order valence-corrected chi connectivity index (χ2v) is 5.70. The summed E-state index contributed by atoms with van der Waals surface area (Å²) in [4.78, 5) is 0. The van der Waals surface area contributed by atoms with Crippen molar-refractivity contribution < 1.29 is 0 Å². The van der Waals surface area contributed by atoms with Crippen molar-refractivity contribution in [2.75, 3.05) is 23.7 Å². The first kappa shape index (κ1) is 16.1. The SMILES string of the molecule is CCNc1ccc(-c2ccccc2)c(-c2ccccc2)c1NCC. The van der Waals surface area contributed by atoms with Gasteiger partial charge in [-0.05, 0) is 36.6 Å². The van der Waals surface area contributed by atoms with Gasteiger partial charge in [-0.25, -0.2) is 0 Å². The highest BCUT2D eigenvalue weighted by Crippen LogP contribution is 2.42. The van der Waals surface area contributed by atoms with Crippen LogP contribution in [-0.2, 0) is 0 Å². The molecule has 0 saturated carbocycles. The van der Waals surface area contributed by atoms with Gasteiger partial charge in [0.25, 0.3) is 0 Å². The summed E-state index contributed by atoms with van der Waals surface area (Å²) >= 11 is 0. The molecule has 3 rings (SSSR count). The van der Waals surface area contributed by atoms with E-state index in [4.69, 9.17) is 0 Å². The lowest BCUT2D eigenvalue weighted by atomic mass is 9.92. The molecule has 0 aliphatic carbocycles. The second kappa shape index (κ2) is 7.69. The standard InChI is InChI=1S/C22H24N2/c1-3-23-20-16-15-19(17-11-7-5-8-12-17)21(22(20)24-4-2)18-13-9-6-10-14-18/h5-16,23-24H,3-4H2,1-2H3. The van der Waals surface area contributed by atoms with E-state index in [-0.39, 0.29) is 0 Å². The maximum absolute atomic E-state index is 3.58. The summed E-state index contributed by atoms with van der Waals surface area (Å²) in [5.74, 6) is 0. The largest absolute Gasteiger partial charge is 0.384 e. The number of hydrogen-bond donors (Lipinski definition) is 2. The highest BCUT2D eigenvalue weighted by Gasteiger charge is 2.15. The van der Waals surface area contributed by atoms with Crippen molar-refractivity contribution in [3.63, 3.8) is 0 Å². The quantitative estimate of drug-likeness (QED) is 0.593. The van der Waals surface area contributed by atoms with E-state index in [0.29, 0.717) is 0 Å². The Morgan fingerprint density at radius 2 is 1.21 bits per heavy atom. The predicted octanol–water partition coefficient (Wildman–Crippen LogP) is 5.88. The molecule has 2 nitrogen and oxygen atoms in total. The molecule has 0 spiro atoms. The predicted molar refractivity (Wildman–Crippen MR) is 106 cm³/mol. The first-order valence-electron chi connectivity index (χ1n) is 8.60. The maximum atomic E-state index is 3.58. The van der Waals surface area contributed by atoms with Gasteiger partial charge in [0.1, 0.15) is 0 Å². The highest BCUT2D eigenvalue weighted by molar-refractivity contribution is 5.97. The van der Waals surface area contributed by atoms with Crippen molar-refractivity contribution >= 4 is 11.4 Å². The molecule has 0 heterocycles. The van der Waals surface area contributed by atoms with Crippen LogP contribution >= 0.6 is 0 Å². The van der Waals surface area contributed by atoms with Gasteiger partial charge in [-0.2, -0.15) is 0 Å². The van der Waals surface area contributed by atoms with Gasteiger partial charge in [-0.15, -0.1) is 0 Å². The normalized spacial score (nSPS) is 10.4. The summed E-state index contributed by atoms with van der Waals surface area (Å²) in [5.41, 5.74) is 7.29. The number of anilines is 2. The molecule has 24 heavy (non-hydrogen) atoms. The molecule has 0 aliphatic rings. The Morgan fingerprint density at radius 1 is 0.625 bits per heavy atom. The first-order chi connectivity index (χ1) is 11.8. The zero-order valence-corrected chi connectivity index (χ0v) is 14.3. The van der Waals surface area contributed by atoms with Crippen LogP contribution in [0.4, 0.5) is 11.4 Å². The van der Waals surface area contributed by atoms with E-state index in [9.17, 15) is 0 Å². The molecular weight excluding hydrogens is 292 g/mol. The first-order valence-corrected chi connectivity index (χ1v) is 8.60. The van der Waals surface area contributed by atoms with Crippen LogP contribution in [0.2, 0.25) is 0 Å². The molecular formula is C22H24N2. The van der Waals surface area contributed by atoms with Crippen LogP contribution in [-0.4, -0.2) is 13.1 Å². The number of hydrogen-bond acceptors (Lipinski definition) is 2. The lowest BCUT2D eigenvalue weighted by Gasteiger charge is -2.21. The van der Waals surface area contributed by atoms with Crippen LogP contribution in [0.1, 0.15) is 13.8 Å². The third kappa shape index (κ3) is 3.28. The van der Waals surface area contributed by atoms with Gasteiger partial charge in [0, 0.05) is 18.7 Å². The Balaban J connectivity index is 2.28. The molecule has 0 aliphatic heterocycles. The molecule has 0 radical (unpaired) electrons.